The molecular weight excluding hydrogens is 278 g/mol. The van der Waals surface area contributed by atoms with E-state index in [1.54, 1.807) is 18.2 Å². The molecule has 0 saturated heterocycles. The lowest BCUT2D eigenvalue weighted by Crippen LogP contribution is -2.17. The van der Waals surface area contributed by atoms with Crippen LogP contribution in [-0.4, -0.2) is 12.3 Å². The molecule has 0 heterocycles. The first-order valence-corrected chi connectivity index (χ1v) is 7.17. The number of fused-ring (bicyclic) bond motifs is 1. The van der Waals surface area contributed by atoms with Gasteiger partial charge in [-0.15, -0.1) is 0 Å². The molecule has 0 aliphatic heterocycles. The molecule has 112 valence electrons. The Morgan fingerprint density at radius 3 is 2.82 bits per heavy atom. The van der Waals surface area contributed by atoms with Crippen LogP contribution >= 0.6 is 0 Å². The highest BCUT2D eigenvalue weighted by Gasteiger charge is 2.22. The summed E-state index contributed by atoms with van der Waals surface area (Å²) >= 11 is 0. The van der Waals surface area contributed by atoms with Gasteiger partial charge in [-0.1, -0.05) is 18.2 Å². The molecule has 1 aliphatic carbocycles. The second-order valence-electron chi connectivity index (χ2n) is 5.33. The molecule has 22 heavy (non-hydrogen) atoms. The Bertz CT molecular complexity index is 728. The van der Waals surface area contributed by atoms with Crippen molar-refractivity contribution in [3.63, 3.8) is 0 Å². The van der Waals surface area contributed by atoms with Gasteiger partial charge in [0.25, 0.3) is 5.91 Å². The molecule has 2 amide bonds. The monoisotopic (exact) mass is 295 g/mol. The maximum Gasteiger partial charge on any atom is 0.255 e. The highest BCUT2D eigenvalue weighted by atomic mass is 16.1. The van der Waals surface area contributed by atoms with E-state index in [4.69, 9.17) is 5.73 Å². The van der Waals surface area contributed by atoms with Crippen LogP contribution in [0.15, 0.2) is 42.5 Å². The summed E-state index contributed by atoms with van der Waals surface area (Å²) in [7, 11) is 0. The molecule has 0 fully saturated rings. The van der Waals surface area contributed by atoms with Gasteiger partial charge in [-0.3, -0.25) is 9.59 Å². The van der Waals surface area contributed by atoms with Gasteiger partial charge in [0.15, 0.2) is 0 Å². The largest absolute Gasteiger partial charge is 0.397 e. The fourth-order valence-electron chi connectivity index (χ4n) is 2.82. The summed E-state index contributed by atoms with van der Waals surface area (Å²) in [4.78, 5) is 22.9. The number of rotatable bonds is 4. The highest BCUT2D eigenvalue weighted by Crippen LogP contribution is 2.31. The number of aryl methyl sites for hydroxylation is 1. The van der Waals surface area contributed by atoms with E-state index < -0.39 is 0 Å². The number of para-hydroxylation sites is 2. The van der Waals surface area contributed by atoms with Gasteiger partial charge >= 0.3 is 0 Å². The predicted molar refractivity (Wildman–Crippen MR) is 85.5 cm³/mol. The number of hydrogen-bond donors (Lipinski definition) is 3. The maximum absolute atomic E-state index is 12.3. The molecule has 0 spiro atoms. The molecule has 1 aliphatic rings. The zero-order valence-electron chi connectivity index (χ0n) is 12.0. The van der Waals surface area contributed by atoms with Crippen molar-refractivity contribution in [2.45, 2.75) is 18.9 Å². The van der Waals surface area contributed by atoms with Crippen molar-refractivity contribution >= 4 is 23.7 Å². The van der Waals surface area contributed by atoms with Gasteiger partial charge < -0.3 is 16.4 Å². The number of carbonyl (C=O) groups excluding carboxylic acids is 2. The van der Waals surface area contributed by atoms with Crippen molar-refractivity contribution < 1.29 is 9.59 Å². The van der Waals surface area contributed by atoms with Crippen molar-refractivity contribution in [1.29, 1.82) is 0 Å². The van der Waals surface area contributed by atoms with Crippen LogP contribution in [-0.2, 0) is 11.2 Å². The lowest BCUT2D eigenvalue weighted by Gasteiger charge is -2.11. The Labute approximate surface area is 128 Å². The van der Waals surface area contributed by atoms with E-state index in [2.05, 4.69) is 10.6 Å². The Hall–Kier alpha value is -2.82. The third-order valence-corrected chi connectivity index (χ3v) is 3.96. The topological polar surface area (TPSA) is 84.2 Å². The molecule has 2 aromatic carbocycles. The standard InChI is InChI=1S/C17H17N3O2/c18-14-3-1-2-4-16(14)20-17(22)12-5-7-13-11(9-12)6-8-15(13)19-10-21/h1-5,7,9-10,15H,6,8,18H2,(H,19,21)(H,20,22). The Morgan fingerprint density at radius 2 is 2.05 bits per heavy atom. The van der Waals surface area contributed by atoms with E-state index in [1.807, 2.05) is 24.3 Å². The number of nitrogen functional groups attached to an aromatic ring is 1. The van der Waals surface area contributed by atoms with Gasteiger partial charge in [0.1, 0.15) is 0 Å². The summed E-state index contributed by atoms with van der Waals surface area (Å²) in [5.74, 6) is -0.188. The summed E-state index contributed by atoms with van der Waals surface area (Å²) in [6.07, 6.45) is 2.44. The Balaban J connectivity index is 1.80. The minimum Gasteiger partial charge on any atom is -0.397 e. The van der Waals surface area contributed by atoms with E-state index in [0.717, 1.165) is 30.4 Å². The number of anilines is 2. The van der Waals surface area contributed by atoms with Gasteiger partial charge in [-0.05, 0) is 48.2 Å². The molecular formula is C17H17N3O2. The number of nitrogens with two attached hydrogens (primary N) is 1. The second kappa shape index (κ2) is 5.89. The SMILES string of the molecule is Nc1ccccc1NC(=O)c1ccc2c(c1)CCC2NC=O. The van der Waals surface area contributed by atoms with Gasteiger partial charge in [0, 0.05) is 5.56 Å². The van der Waals surface area contributed by atoms with Crippen molar-refractivity contribution in [2.75, 3.05) is 11.1 Å². The van der Waals surface area contributed by atoms with E-state index in [0.29, 0.717) is 16.9 Å². The highest BCUT2D eigenvalue weighted by molar-refractivity contribution is 6.05. The second-order valence-corrected chi connectivity index (χ2v) is 5.33. The first-order valence-electron chi connectivity index (χ1n) is 7.17. The van der Waals surface area contributed by atoms with E-state index in [-0.39, 0.29) is 11.9 Å². The smallest absolute Gasteiger partial charge is 0.255 e. The van der Waals surface area contributed by atoms with E-state index >= 15 is 0 Å². The summed E-state index contributed by atoms with van der Waals surface area (Å²) in [6.45, 7) is 0. The molecule has 0 radical (unpaired) electrons. The van der Waals surface area contributed by atoms with Gasteiger partial charge in [0.05, 0.1) is 17.4 Å². The van der Waals surface area contributed by atoms with Crippen molar-refractivity contribution in [2.24, 2.45) is 0 Å². The Kier molecular flexibility index (Phi) is 3.78. The Morgan fingerprint density at radius 1 is 1.23 bits per heavy atom. The van der Waals surface area contributed by atoms with Gasteiger partial charge in [-0.2, -0.15) is 0 Å². The third-order valence-electron chi connectivity index (χ3n) is 3.96. The molecule has 1 atom stereocenters. The van der Waals surface area contributed by atoms with Crippen molar-refractivity contribution in [1.82, 2.24) is 5.32 Å². The molecule has 1 unspecified atom stereocenters. The molecule has 5 nitrogen and oxygen atoms in total. The average molecular weight is 295 g/mol. The van der Waals surface area contributed by atoms with Crippen LogP contribution in [0.25, 0.3) is 0 Å². The van der Waals surface area contributed by atoms with Crippen LogP contribution < -0.4 is 16.4 Å². The van der Waals surface area contributed by atoms with Crippen LogP contribution in [0.4, 0.5) is 11.4 Å². The predicted octanol–water partition coefficient (Wildman–Crippen LogP) is 2.25. The molecule has 0 bridgehead atoms. The molecule has 3 rings (SSSR count). The number of amides is 2. The van der Waals surface area contributed by atoms with E-state index in [9.17, 15) is 9.59 Å². The first-order chi connectivity index (χ1) is 10.7. The lowest BCUT2D eigenvalue weighted by molar-refractivity contribution is -0.110. The first kappa shape index (κ1) is 14.1. The lowest BCUT2D eigenvalue weighted by atomic mass is 10.0. The van der Waals surface area contributed by atoms with Gasteiger partial charge in [-0.25, -0.2) is 0 Å². The summed E-state index contributed by atoms with van der Waals surface area (Å²) < 4.78 is 0. The average Bonchev–Trinajstić information content (AvgIpc) is 2.92. The quantitative estimate of drug-likeness (QED) is 0.597. The number of nitrogens with one attached hydrogen (secondary N) is 2. The fraction of sp³-hybridized carbons (Fsp3) is 0.176. The minimum atomic E-state index is -0.188. The van der Waals surface area contributed by atoms with Crippen LogP contribution in [0.1, 0.15) is 33.9 Å². The molecule has 5 heteroatoms. The number of carbonyl (C=O) groups is 2. The van der Waals surface area contributed by atoms with Crippen molar-refractivity contribution in [3.8, 4) is 0 Å². The third kappa shape index (κ3) is 2.65. The number of benzene rings is 2. The zero-order chi connectivity index (χ0) is 15.5. The van der Waals surface area contributed by atoms with Crippen LogP contribution in [0.2, 0.25) is 0 Å². The molecule has 0 saturated carbocycles. The molecule has 0 aromatic heterocycles. The zero-order valence-corrected chi connectivity index (χ0v) is 12.0. The molecule has 4 N–H and O–H groups in total. The van der Waals surface area contributed by atoms with Crippen LogP contribution in [0.3, 0.4) is 0 Å². The molecule has 2 aromatic rings. The maximum atomic E-state index is 12.3. The summed E-state index contributed by atoms with van der Waals surface area (Å²) in [6, 6.07) is 12.8. The van der Waals surface area contributed by atoms with Gasteiger partial charge in [0.2, 0.25) is 6.41 Å². The van der Waals surface area contributed by atoms with E-state index in [1.165, 1.54) is 0 Å². The van der Waals surface area contributed by atoms with Crippen LogP contribution in [0, 0.1) is 0 Å². The van der Waals surface area contributed by atoms with Crippen molar-refractivity contribution in [3.05, 3.63) is 59.2 Å². The minimum absolute atomic E-state index is 0.0504. The number of hydrogen-bond acceptors (Lipinski definition) is 3. The summed E-state index contributed by atoms with van der Waals surface area (Å²) in [5.41, 5.74) is 9.75. The fourth-order valence-corrected chi connectivity index (χ4v) is 2.82. The van der Waals surface area contributed by atoms with Crippen LogP contribution in [0.5, 0.6) is 0 Å². The summed E-state index contributed by atoms with van der Waals surface area (Å²) in [5, 5.41) is 5.62. The normalized spacial score (nSPS) is 15.9.